The van der Waals surface area contributed by atoms with Gasteiger partial charge in [0.25, 0.3) is 0 Å². The Kier molecular flexibility index (Phi) is 4.67. The lowest BCUT2D eigenvalue weighted by molar-refractivity contribution is 0.455. The van der Waals surface area contributed by atoms with E-state index in [9.17, 15) is 0 Å². The molecule has 0 amide bonds. The van der Waals surface area contributed by atoms with Crippen LogP contribution in [0, 0.1) is 5.92 Å². The first-order valence-electron chi connectivity index (χ1n) is 8.42. The van der Waals surface area contributed by atoms with E-state index in [4.69, 9.17) is 0 Å². The van der Waals surface area contributed by atoms with Gasteiger partial charge in [-0.3, -0.25) is 9.97 Å². The molecule has 114 valence electrons. The Morgan fingerprint density at radius 3 is 2.27 bits per heavy atom. The summed E-state index contributed by atoms with van der Waals surface area (Å²) in [4.78, 5) is 9.25. The van der Waals surface area contributed by atoms with E-state index < -0.39 is 0 Å². The molecule has 3 rings (SSSR count). The molecule has 2 atom stereocenters. The summed E-state index contributed by atoms with van der Waals surface area (Å²) in [6.45, 7) is 4.52. The molecule has 2 nitrogen and oxygen atoms in total. The molecule has 1 aliphatic rings. The Balaban J connectivity index is 2.04. The van der Waals surface area contributed by atoms with Crippen LogP contribution in [0.5, 0.6) is 0 Å². The van der Waals surface area contributed by atoms with Gasteiger partial charge in [-0.25, -0.2) is 0 Å². The molecule has 0 spiro atoms. The zero-order valence-corrected chi connectivity index (χ0v) is 13.5. The predicted molar refractivity (Wildman–Crippen MR) is 91.4 cm³/mol. The van der Waals surface area contributed by atoms with Crippen molar-refractivity contribution >= 4 is 5.57 Å². The van der Waals surface area contributed by atoms with Gasteiger partial charge in [0.2, 0.25) is 0 Å². The van der Waals surface area contributed by atoms with Crippen molar-refractivity contribution < 1.29 is 0 Å². The molecule has 0 aliphatic heterocycles. The molecule has 0 aromatic carbocycles. The fraction of sp³-hybridized carbons (Fsp3) is 0.400. The SMILES string of the molecule is CCCC1=C(c2ccccn2)[C@@H](CCC)[C@@H]1c1ccccn1. The molecule has 2 heteroatoms. The maximum atomic E-state index is 4.64. The van der Waals surface area contributed by atoms with Gasteiger partial charge in [-0.15, -0.1) is 0 Å². The first-order chi connectivity index (χ1) is 10.9. The van der Waals surface area contributed by atoms with Crippen molar-refractivity contribution in [2.45, 2.75) is 45.4 Å². The second-order valence-electron chi connectivity index (χ2n) is 6.03. The average molecular weight is 292 g/mol. The molecule has 0 saturated heterocycles. The van der Waals surface area contributed by atoms with Crippen LogP contribution >= 0.6 is 0 Å². The zero-order chi connectivity index (χ0) is 15.4. The van der Waals surface area contributed by atoms with Crippen molar-refractivity contribution in [2.24, 2.45) is 5.92 Å². The predicted octanol–water partition coefficient (Wildman–Crippen LogP) is 5.24. The van der Waals surface area contributed by atoms with Gasteiger partial charge in [-0.1, -0.05) is 44.4 Å². The summed E-state index contributed by atoms with van der Waals surface area (Å²) in [5.41, 5.74) is 5.43. The van der Waals surface area contributed by atoms with Crippen molar-refractivity contribution in [1.82, 2.24) is 9.97 Å². The minimum atomic E-state index is 0.484. The van der Waals surface area contributed by atoms with Crippen LogP contribution in [0.4, 0.5) is 0 Å². The second-order valence-corrected chi connectivity index (χ2v) is 6.03. The first-order valence-corrected chi connectivity index (χ1v) is 8.42. The summed E-state index contributed by atoms with van der Waals surface area (Å²) in [7, 11) is 0. The fourth-order valence-corrected chi connectivity index (χ4v) is 3.72. The summed E-state index contributed by atoms with van der Waals surface area (Å²) in [5, 5.41) is 0. The van der Waals surface area contributed by atoms with Crippen LogP contribution < -0.4 is 0 Å². The lowest BCUT2D eigenvalue weighted by Crippen LogP contribution is -2.29. The van der Waals surface area contributed by atoms with E-state index in [0.29, 0.717) is 11.8 Å². The number of hydrogen-bond acceptors (Lipinski definition) is 2. The highest BCUT2D eigenvalue weighted by Gasteiger charge is 2.41. The van der Waals surface area contributed by atoms with Crippen LogP contribution in [-0.2, 0) is 0 Å². The van der Waals surface area contributed by atoms with Gasteiger partial charge in [0.15, 0.2) is 0 Å². The number of rotatable bonds is 6. The van der Waals surface area contributed by atoms with Gasteiger partial charge in [-0.05, 0) is 48.6 Å². The zero-order valence-electron chi connectivity index (χ0n) is 13.5. The maximum Gasteiger partial charge on any atom is 0.0664 e. The third kappa shape index (κ3) is 2.70. The molecule has 22 heavy (non-hydrogen) atoms. The topological polar surface area (TPSA) is 25.8 Å². The molecular weight excluding hydrogens is 268 g/mol. The van der Waals surface area contributed by atoms with Gasteiger partial charge >= 0.3 is 0 Å². The van der Waals surface area contributed by atoms with Crippen molar-refractivity contribution in [3.8, 4) is 0 Å². The Bertz CT molecular complexity index is 631. The van der Waals surface area contributed by atoms with Gasteiger partial charge < -0.3 is 0 Å². The van der Waals surface area contributed by atoms with Crippen molar-refractivity contribution in [3.63, 3.8) is 0 Å². The van der Waals surface area contributed by atoms with Crippen molar-refractivity contribution in [2.75, 3.05) is 0 Å². The monoisotopic (exact) mass is 292 g/mol. The number of nitrogens with zero attached hydrogens (tertiary/aromatic N) is 2. The number of aromatic nitrogens is 2. The van der Waals surface area contributed by atoms with Crippen LogP contribution in [0.3, 0.4) is 0 Å². The Morgan fingerprint density at radius 2 is 1.68 bits per heavy atom. The largest absolute Gasteiger partial charge is 0.261 e. The van der Waals surface area contributed by atoms with Gasteiger partial charge in [0.05, 0.1) is 5.69 Å². The minimum Gasteiger partial charge on any atom is -0.261 e. The maximum absolute atomic E-state index is 4.64. The standard InChI is InChI=1S/C20H24N2/c1-3-9-15-19(17-11-5-7-13-21-17)16(10-4-2)20(15)18-12-6-8-14-22-18/h5-8,11-15,19H,3-4,9-10H2,1-2H3/t15-,19-/m0/s1. The summed E-state index contributed by atoms with van der Waals surface area (Å²) in [6, 6.07) is 12.5. The van der Waals surface area contributed by atoms with E-state index in [1.807, 2.05) is 24.5 Å². The van der Waals surface area contributed by atoms with E-state index in [1.54, 1.807) is 5.57 Å². The fourth-order valence-electron chi connectivity index (χ4n) is 3.72. The second kappa shape index (κ2) is 6.87. The highest BCUT2D eigenvalue weighted by atomic mass is 14.7. The molecule has 0 unspecified atom stereocenters. The molecule has 0 N–H and O–H groups in total. The van der Waals surface area contributed by atoms with Crippen LogP contribution in [0.25, 0.3) is 5.57 Å². The normalized spacial score (nSPS) is 20.8. The summed E-state index contributed by atoms with van der Waals surface area (Å²) < 4.78 is 0. The van der Waals surface area contributed by atoms with Gasteiger partial charge in [-0.2, -0.15) is 0 Å². The highest BCUT2D eigenvalue weighted by Crippen LogP contribution is 2.54. The Labute approximate surface area is 133 Å². The Hall–Kier alpha value is -1.96. The molecule has 1 aliphatic carbocycles. The third-order valence-corrected chi connectivity index (χ3v) is 4.56. The smallest absolute Gasteiger partial charge is 0.0664 e. The van der Waals surface area contributed by atoms with Crippen LogP contribution in [0.2, 0.25) is 0 Å². The third-order valence-electron chi connectivity index (χ3n) is 4.56. The molecule has 0 saturated carbocycles. The average Bonchev–Trinajstić information content (AvgIpc) is 2.56. The minimum absolute atomic E-state index is 0.484. The Morgan fingerprint density at radius 1 is 0.909 bits per heavy atom. The number of pyridine rings is 2. The summed E-state index contributed by atoms with van der Waals surface area (Å²) in [6.07, 6.45) is 8.55. The molecule has 2 aromatic heterocycles. The van der Waals surface area contributed by atoms with Gasteiger partial charge in [0.1, 0.15) is 0 Å². The molecule has 0 bridgehead atoms. The molecule has 2 aromatic rings. The summed E-state index contributed by atoms with van der Waals surface area (Å²) >= 11 is 0. The lowest BCUT2D eigenvalue weighted by atomic mass is 9.62. The van der Waals surface area contributed by atoms with Crippen molar-refractivity contribution in [3.05, 3.63) is 65.8 Å². The molecule has 0 fully saturated rings. The molecule has 0 radical (unpaired) electrons. The quantitative estimate of drug-likeness (QED) is 0.727. The molecular formula is C20H24N2. The van der Waals surface area contributed by atoms with Crippen molar-refractivity contribution in [1.29, 1.82) is 0 Å². The van der Waals surface area contributed by atoms with Gasteiger partial charge in [0, 0.05) is 24.0 Å². The first kappa shape index (κ1) is 15.0. The lowest BCUT2D eigenvalue weighted by Gasteiger charge is -2.42. The summed E-state index contributed by atoms with van der Waals surface area (Å²) in [5.74, 6) is 1.05. The van der Waals surface area contributed by atoms with Crippen LogP contribution in [-0.4, -0.2) is 9.97 Å². The van der Waals surface area contributed by atoms with Crippen LogP contribution in [0.1, 0.15) is 56.8 Å². The van der Waals surface area contributed by atoms with E-state index in [0.717, 1.165) is 12.1 Å². The van der Waals surface area contributed by atoms with E-state index in [-0.39, 0.29) is 0 Å². The number of hydrogen-bond donors (Lipinski definition) is 0. The number of allylic oxidation sites excluding steroid dienone is 2. The van der Waals surface area contributed by atoms with E-state index >= 15 is 0 Å². The van der Waals surface area contributed by atoms with Crippen LogP contribution in [0.15, 0.2) is 54.4 Å². The highest BCUT2D eigenvalue weighted by molar-refractivity contribution is 5.77. The molecule has 2 heterocycles. The van der Waals surface area contributed by atoms with E-state index in [1.165, 1.54) is 30.5 Å². The van der Waals surface area contributed by atoms with E-state index in [2.05, 4.69) is 48.1 Å².